The van der Waals surface area contributed by atoms with E-state index >= 15 is 0 Å². The molecule has 36 heavy (non-hydrogen) atoms. The molecule has 2 aliphatic rings. The van der Waals surface area contributed by atoms with Gasteiger partial charge in [0.05, 0.1) is 32.8 Å². The lowest BCUT2D eigenvalue weighted by atomic mass is 9.95. The quantitative estimate of drug-likeness (QED) is 0.336. The molecule has 0 aromatic heterocycles. The van der Waals surface area contributed by atoms with E-state index in [1.807, 2.05) is 36.0 Å². The molecule has 0 saturated carbocycles. The maximum atomic E-state index is 11.1. The number of fused-ring (bicyclic) bond motifs is 4. The van der Waals surface area contributed by atoms with Gasteiger partial charge in [-0.2, -0.15) is 11.8 Å². The Balaban J connectivity index is 1.29. The molecule has 0 spiro atoms. The number of carbonyl (C=O) groups is 1. The smallest absolute Gasteiger partial charge is 0.304 e. The first-order chi connectivity index (χ1) is 17.6. The van der Waals surface area contributed by atoms with Crippen LogP contribution in [0.15, 0.2) is 54.6 Å². The van der Waals surface area contributed by atoms with Gasteiger partial charge in [0.2, 0.25) is 0 Å². The summed E-state index contributed by atoms with van der Waals surface area (Å²) >= 11 is 1.83. The zero-order valence-corrected chi connectivity index (χ0v) is 21.1. The van der Waals surface area contributed by atoms with E-state index in [0.29, 0.717) is 44.5 Å². The molecule has 5 rings (SSSR count). The number of aliphatic carboxylic acids is 1. The molecule has 0 bridgehead atoms. The average molecular weight is 507 g/mol. The highest BCUT2D eigenvalue weighted by Gasteiger charge is 2.26. The van der Waals surface area contributed by atoms with Crippen molar-refractivity contribution in [2.45, 2.75) is 38.6 Å². The van der Waals surface area contributed by atoms with E-state index in [0.717, 1.165) is 51.3 Å². The SMILES string of the molecule is CSCCCOc1ccc2c(c1)COCc1ccc(COc3ccc4c(c3)OCC4CC(=O)O)cc1-2. The van der Waals surface area contributed by atoms with Crippen molar-refractivity contribution in [3.05, 3.63) is 76.9 Å². The number of ether oxygens (including phenoxy) is 4. The van der Waals surface area contributed by atoms with Crippen LogP contribution in [-0.2, 0) is 29.4 Å². The first kappa shape index (κ1) is 24.5. The van der Waals surface area contributed by atoms with Gasteiger partial charge in [0, 0.05) is 17.5 Å². The maximum absolute atomic E-state index is 11.1. The topological polar surface area (TPSA) is 74.2 Å². The zero-order valence-electron chi connectivity index (χ0n) is 20.3. The van der Waals surface area contributed by atoms with Crippen LogP contribution in [0.3, 0.4) is 0 Å². The molecular weight excluding hydrogens is 476 g/mol. The van der Waals surface area contributed by atoms with Crippen molar-refractivity contribution in [3.63, 3.8) is 0 Å². The largest absolute Gasteiger partial charge is 0.494 e. The average Bonchev–Trinajstić information content (AvgIpc) is 3.17. The molecule has 1 unspecified atom stereocenters. The second-order valence-corrected chi connectivity index (χ2v) is 10.1. The number of thioether (sulfide) groups is 1. The molecule has 188 valence electrons. The zero-order chi connectivity index (χ0) is 24.9. The van der Waals surface area contributed by atoms with Crippen molar-refractivity contribution < 1.29 is 28.8 Å². The number of benzene rings is 3. The summed E-state index contributed by atoms with van der Waals surface area (Å²) in [6.45, 7) is 2.64. The Morgan fingerprint density at radius 2 is 1.83 bits per heavy atom. The Morgan fingerprint density at radius 3 is 2.69 bits per heavy atom. The van der Waals surface area contributed by atoms with E-state index in [4.69, 9.17) is 24.1 Å². The van der Waals surface area contributed by atoms with Gasteiger partial charge in [-0.15, -0.1) is 0 Å². The fraction of sp³-hybridized carbons (Fsp3) is 0.345. The maximum Gasteiger partial charge on any atom is 0.304 e. The van der Waals surface area contributed by atoms with Crippen LogP contribution in [0.5, 0.6) is 17.2 Å². The van der Waals surface area contributed by atoms with Crippen molar-refractivity contribution in [1.82, 2.24) is 0 Å². The standard InChI is InChI=1S/C29H30O6S/c1-36-10-2-9-33-23-5-7-25-21(12-23)17-32-16-20-4-3-19(11-27(20)25)15-34-24-6-8-26-22(13-29(30)31)18-35-28(26)14-24/h3-8,11-12,14,22H,2,9-10,13,15-18H2,1H3,(H,30,31). The Kier molecular flexibility index (Phi) is 7.68. The van der Waals surface area contributed by atoms with Crippen LogP contribution in [0, 0.1) is 0 Å². The van der Waals surface area contributed by atoms with Gasteiger partial charge in [-0.1, -0.05) is 24.3 Å². The molecule has 2 aliphatic heterocycles. The van der Waals surface area contributed by atoms with Crippen molar-refractivity contribution in [3.8, 4) is 28.4 Å². The second kappa shape index (κ2) is 11.3. The van der Waals surface area contributed by atoms with E-state index in [2.05, 4.69) is 36.6 Å². The van der Waals surface area contributed by atoms with Gasteiger partial charge >= 0.3 is 5.97 Å². The molecule has 0 fully saturated rings. The predicted molar refractivity (Wildman–Crippen MR) is 140 cm³/mol. The Hall–Kier alpha value is -3.16. The molecule has 0 amide bonds. The Morgan fingerprint density at radius 1 is 1.00 bits per heavy atom. The number of carboxylic acid groups (broad SMARTS) is 1. The van der Waals surface area contributed by atoms with Gasteiger partial charge in [0.15, 0.2) is 0 Å². The van der Waals surface area contributed by atoms with Crippen LogP contribution >= 0.6 is 11.8 Å². The fourth-order valence-electron chi connectivity index (χ4n) is 4.69. The summed E-state index contributed by atoms with van der Waals surface area (Å²) in [5.41, 5.74) is 6.59. The minimum atomic E-state index is -0.818. The molecule has 6 nitrogen and oxygen atoms in total. The third-order valence-corrected chi connectivity index (χ3v) is 7.21. The third kappa shape index (κ3) is 5.63. The molecule has 3 aromatic rings. The van der Waals surface area contributed by atoms with E-state index in [-0.39, 0.29) is 12.3 Å². The van der Waals surface area contributed by atoms with Crippen LogP contribution in [0.2, 0.25) is 0 Å². The van der Waals surface area contributed by atoms with E-state index < -0.39 is 5.97 Å². The van der Waals surface area contributed by atoms with Gasteiger partial charge in [0.25, 0.3) is 0 Å². The summed E-state index contributed by atoms with van der Waals surface area (Å²) in [5.74, 6) is 2.45. The lowest BCUT2D eigenvalue weighted by molar-refractivity contribution is -0.137. The van der Waals surface area contributed by atoms with Gasteiger partial charge < -0.3 is 24.1 Å². The Labute approximate surface area is 215 Å². The van der Waals surface area contributed by atoms with Gasteiger partial charge in [-0.25, -0.2) is 0 Å². The highest BCUT2D eigenvalue weighted by atomic mass is 32.2. The summed E-state index contributed by atoms with van der Waals surface area (Å²) in [7, 11) is 0. The minimum Gasteiger partial charge on any atom is -0.494 e. The first-order valence-electron chi connectivity index (χ1n) is 12.2. The molecule has 3 aromatic carbocycles. The number of hydrogen-bond acceptors (Lipinski definition) is 6. The van der Waals surface area contributed by atoms with Gasteiger partial charge in [-0.05, 0) is 70.5 Å². The molecule has 1 atom stereocenters. The lowest BCUT2D eigenvalue weighted by Gasteiger charge is -2.14. The van der Waals surface area contributed by atoms with Crippen molar-refractivity contribution in [2.75, 3.05) is 25.2 Å². The van der Waals surface area contributed by atoms with E-state index in [1.165, 1.54) is 0 Å². The Bertz CT molecular complexity index is 1240. The lowest BCUT2D eigenvalue weighted by Crippen LogP contribution is -2.07. The second-order valence-electron chi connectivity index (χ2n) is 9.09. The summed E-state index contributed by atoms with van der Waals surface area (Å²) in [4.78, 5) is 11.1. The summed E-state index contributed by atoms with van der Waals surface area (Å²) in [5, 5.41) is 9.10. The molecular formula is C29H30O6S. The van der Waals surface area contributed by atoms with Crippen molar-refractivity contribution >= 4 is 17.7 Å². The highest BCUT2D eigenvalue weighted by Crippen LogP contribution is 2.39. The number of hydrogen-bond donors (Lipinski definition) is 1. The first-order valence-corrected chi connectivity index (χ1v) is 13.6. The number of carboxylic acids is 1. The van der Waals surface area contributed by atoms with Crippen LogP contribution in [0.4, 0.5) is 0 Å². The predicted octanol–water partition coefficient (Wildman–Crippen LogP) is 6.05. The molecule has 0 radical (unpaired) electrons. The molecule has 2 heterocycles. The molecule has 1 N–H and O–H groups in total. The van der Waals surface area contributed by atoms with Crippen LogP contribution in [0.25, 0.3) is 11.1 Å². The summed E-state index contributed by atoms with van der Waals surface area (Å²) < 4.78 is 23.7. The monoisotopic (exact) mass is 506 g/mol. The third-order valence-electron chi connectivity index (χ3n) is 6.51. The van der Waals surface area contributed by atoms with Crippen molar-refractivity contribution in [1.29, 1.82) is 0 Å². The normalized spacial score (nSPS) is 15.8. The summed E-state index contributed by atoms with van der Waals surface area (Å²) in [6.07, 6.45) is 3.20. The molecule has 0 saturated heterocycles. The molecule has 7 heteroatoms. The van der Waals surface area contributed by atoms with Crippen LogP contribution < -0.4 is 14.2 Å². The minimum absolute atomic E-state index is 0.0686. The van der Waals surface area contributed by atoms with Crippen LogP contribution in [0.1, 0.15) is 41.0 Å². The van der Waals surface area contributed by atoms with Gasteiger partial charge in [0.1, 0.15) is 23.9 Å². The summed E-state index contributed by atoms with van der Waals surface area (Å²) in [6, 6.07) is 18.3. The van der Waals surface area contributed by atoms with Crippen LogP contribution in [-0.4, -0.2) is 36.3 Å². The number of rotatable bonds is 10. The van der Waals surface area contributed by atoms with E-state index in [1.54, 1.807) is 0 Å². The highest BCUT2D eigenvalue weighted by molar-refractivity contribution is 7.98. The van der Waals surface area contributed by atoms with Crippen molar-refractivity contribution in [2.24, 2.45) is 0 Å². The molecule has 0 aliphatic carbocycles. The fourth-order valence-corrected chi connectivity index (χ4v) is 5.10. The van der Waals surface area contributed by atoms with E-state index in [9.17, 15) is 4.79 Å². The van der Waals surface area contributed by atoms with Gasteiger partial charge in [-0.3, -0.25) is 4.79 Å².